The SMILES string of the molecule is C/C=C\c1ccc2n(c1=O)C[C@@H]1[C@@H](CO)[C@H](C(=O)NCC)[C@H]2N1C(=O)C1CC1. The number of nitrogens with one attached hydrogen (secondary N) is 1. The highest BCUT2D eigenvalue weighted by Crippen LogP contribution is 2.50. The predicted octanol–water partition coefficient (Wildman–Crippen LogP) is 0.918. The van der Waals surface area contributed by atoms with E-state index in [2.05, 4.69) is 5.32 Å². The van der Waals surface area contributed by atoms with Crippen molar-refractivity contribution in [2.75, 3.05) is 13.2 Å². The van der Waals surface area contributed by atoms with Crippen LogP contribution in [0.25, 0.3) is 6.08 Å². The minimum absolute atomic E-state index is 0.0119. The van der Waals surface area contributed by atoms with E-state index in [4.69, 9.17) is 0 Å². The highest BCUT2D eigenvalue weighted by molar-refractivity contribution is 5.86. The van der Waals surface area contributed by atoms with E-state index in [1.165, 1.54) is 0 Å². The largest absolute Gasteiger partial charge is 0.396 e. The van der Waals surface area contributed by atoms with Gasteiger partial charge in [-0.1, -0.05) is 12.2 Å². The van der Waals surface area contributed by atoms with Crippen molar-refractivity contribution in [2.45, 2.75) is 45.3 Å². The molecule has 1 aliphatic carbocycles. The topological polar surface area (TPSA) is 91.6 Å². The fourth-order valence-corrected chi connectivity index (χ4v) is 4.87. The van der Waals surface area contributed by atoms with Gasteiger partial charge in [0.1, 0.15) is 0 Å². The smallest absolute Gasteiger partial charge is 0.258 e. The molecule has 1 aromatic heterocycles. The minimum Gasteiger partial charge on any atom is -0.396 e. The molecule has 0 unspecified atom stereocenters. The standard InChI is InChI=1S/C21H27N3O4/c1-3-5-12-8-9-15-18-17(19(26)22-4-2)14(11-25)16(10-23(15)20(12)27)24(18)21(28)13-6-7-13/h3,5,8-9,13-14,16-18,25H,4,6-7,10-11H2,1-2H3,(H,22,26)/b5-3-/t14-,16-,17+,18+/m1/s1. The number of aromatic nitrogens is 1. The van der Waals surface area contributed by atoms with Crippen molar-refractivity contribution in [3.63, 3.8) is 0 Å². The lowest BCUT2D eigenvalue weighted by Crippen LogP contribution is -2.49. The number of carbonyl (C=O) groups is 2. The van der Waals surface area contributed by atoms with Crippen molar-refractivity contribution in [2.24, 2.45) is 17.8 Å². The molecule has 3 heterocycles. The van der Waals surface area contributed by atoms with Crippen molar-refractivity contribution in [1.29, 1.82) is 0 Å². The molecule has 150 valence electrons. The Morgan fingerprint density at radius 2 is 2.07 bits per heavy atom. The number of rotatable bonds is 5. The second kappa shape index (κ2) is 7.20. The first-order valence-electron chi connectivity index (χ1n) is 10.1. The van der Waals surface area contributed by atoms with Crippen molar-refractivity contribution < 1.29 is 14.7 Å². The van der Waals surface area contributed by atoms with Crippen molar-refractivity contribution in [1.82, 2.24) is 14.8 Å². The van der Waals surface area contributed by atoms with Crippen molar-refractivity contribution in [3.05, 3.63) is 39.8 Å². The molecule has 2 amide bonds. The van der Waals surface area contributed by atoms with E-state index in [9.17, 15) is 19.5 Å². The maximum absolute atomic E-state index is 13.1. The molecule has 2 bridgehead atoms. The van der Waals surface area contributed by atoms with E-state index in [1.54, 1.807) is 16.7 Å². The van der Waals surface area contributed by atoms with Crippen LogP contribution in [0.1, 0.15) is 44.0 Å². The summed E-state index contributed by atoms with van der Waals surface area (Å²) in [6, 6.07) is 2.76. The fraction of sp³-hybridized carbons (Fsp3) is 0.571. The summed E-state index contributed by atoms with van der Waals surface area (Å²) >= 11 is 0. The lowest BCUT2D eigenvalue weighted by atomic mass is 9.86. The summed E-state index contributed by atoms with van der Waals surface area (Å²) < 4.78 is 1.70. The van der Waals surface area contributed by atoms with Crippen LogP contribution in [0.2, 0.25) is 0 Å². The van der Waals surface area contributed by atoms with Gasteiger partial charge in [-0.15, -0.1) is 0 Å². The van der Waals surface area contributed by atoms with Gasteiger partial charge < -0.3 is 19.9 Å². The third kappa shape index (κ3) is 2.80. The van der Waals surface area contributed by atoms with Gasteiger partial charge in [-0.05, 0) is 38.8 Å². The Morgan fingerprint density at radius 3 is 2.68 bits per heavy atom. The molecule has 0 radical (unpaired) electrons. The molecule has 4 atom stereocenters. The van der Waals surface area contributed by atoms with Gasteiger partial charge >= 0.3 is 0 Å². The number of amides is 2. The van der Waals surface area contributed by atoms with Crippen LogP contribution in [0.5, 0.6) is 0 Å². The highest BCUT2D eigenvalue weighted by Gasteiger charge is 2.58. The second-order valence-electron chi connectivity index (χ2n) is 7.93. The zero-order valence-corrected chi connectivity index (χ0v) is 16.3. The molecular formula is C21H27N3O4. The molecule has 7 nitrogen and oxygen atoms in total. The molecule has 1 saturated carbocycles. The molecule has 3 aliphatic rings. The molecule has 1 saturated heterocycles. The summed E-state index contributed by atoms with van der Waals surface area (Å²) in [5.74, 6) is -1.04. The number of carbonyl (C=O) groups excluding carboxylic acids is 2. The van der Waals surface area contributed by atoms with Crippen LogP contribution in [0, 0.1) is 17.8 Å². The van der Waals surface area contributed by atoms with Crippen molar-refractivity contribution >= 4 is 17.9 Å². The van der Waals surface area contributed by atoms with Crippen LogP contribution in [0.15, 0.2) is 23.0 Å². The van der Waals surface area contributed by atoms with Crippen molar-refractivity contribution in [3.8, 4) is 0 Å². The third-order valence-corrected chi connectivity index (χ3v) is 6.25. The van der Waals surface area contributed by atoms with Gasteiger partial charge in [0.15, 0.2) is 0 Å². The Bertz CT molecular complexity index is 886. The van der Waals surface area contributed by atoms with Gasteiger partial charge in [0, 0.05) is 42.8 Å². The van der Waals surface area contributed by atoms with Gasteiger partial charge in [-0.3, -0.25) is 14.4 Å². The van der Waals surface area contributed by atoms with Gasteiger partial charge in [-0.25, -0.2) is 0 Å². The number of pyridine rings is 1. The monoisotopic (exact) mass is 385 g/mol. The lowest BCUT2D eigenvalue weighted by molar-refractivity contribution is -0.138. The molecule has 2 fully saturated rings. The number of aliphatic hydroxyl groups excluding tert-OH is 1. The Kier molecular flexibility index (Phi) is 4.87. The molecule has 7 heteroatoms. The molecule has 2 N–H and O–H groups in total. The molecule has 2 aliphatic heterocycles. The molecule has 0 spiro atoms. The summed E-state index contributed by atoms with van der Waals surface area (Å²) in [7, 11) is 0. The second-order valence-corrected chi connectivity index (χ2v) is 7.93. The van der Waals surface area contributed by atoms with E-state index in [0.29, 0.717) is 24.3 Å². The third-order valence-electron chi connectivity index (χ3n) is 6.25. The normalized spacial score (nSPS) is 28.5. The number of aliphatic hydroxyl groups is 1. The Balaban J connectivity index is 1.86. The van der Waals surface area contributed by atoms with Crippen LogP contribution in [0.4, 0.5) is 0 Å². The molecule has 28 heavy (non-hydrogen) atoms. The van der Waals surface area contributed by atoms with Gasteiger partial charge in [-0.2, -0.15) is 0 Å². The molecule has 1 aromatic rings. The van der Waals surface area contributed by atoms with E-state index >= 15 is 0 Å². The fourth-order valence-electron chi connectivity index (χ4n) is 4.87. The zero-order chi connectivity index (χ0) is 20.0. The van der Waals surface area contributed by atoms with Crippen LogP contribution in [-0.2, 0) is 16.1 Å². The maximum Gasteiger partial charge on any atom is 0.258 e. The summed E-state index contributed by atoms with van der Waals surface area (Å²) in [6.45, 7) is 4.31. The summed E-state index contributed by atoms with van der Waals surface area (Å²) in [6.07, 6.45) is 5.33. The highest BCUT2D eigenvalue weighted by atomic mass is 16.3. The van der Waals surface area contributed by atoms with E-state index in [-0.39, 0.29) is 41.9 Å². The number of fused-ring (bicyclic) bond motifs is 4. The summed E-state index contributed by atoms with van der Waals surface area (Å²) in [4.78, 5) is 40.8. The first-order valence-corrected chi connectivity index (χ1v) is 10.1. The molecule has 4 rings (SSSR count). The first-order chi connectivity index (χ1) is 13.5. The van der Waals surface area contributed by atoms with Gasteiger partial charge in [0.2, 0.25) is 11.8 Å². The average Bonchev–Trinajstić information content (AvgIpc) is 3.49. The number of allylic oxidation sites excluding steroid dienone is 1. The Hall–Kier alpha value is -2.41. The maximum atomic E-state index is 13.1. The molecule has 0 aromatic carbocycles. The van der Waals surface area contributed by atoms with Gasteiger partial charge in [0.25, 0.3) is 5.56 Å². The zero-order valence-electron chi connectivity index (χ0n) is 16.3. The Labute approximate surface area is 164 Å². The Morgan fingerprint density at radius 1 is 1.32 bits per heavy atom. The number of hydrogen-bond acceptors (Lipinski definition) is 4. The van der Waals surface area contributed by atoms with Gasteiger partial charge in [0.05, 0.1) is 18.0 Å². The lowest BCUT2D eigenvalue weighted by Gasteiger charge is -2.38. The quantitative estimate of drug-likeness (QED) is 0.788. The van der Waals surface area contributed by atoms with E-state index in [0.717, 1.165) is 12.8 Å². The minimum atomic E-state index is -0.557. The van der Waals surface area contributed by atoms with E-state index < -0.39 is 12.0 Å². The first kappa shape index (κ1) is 18.9. The average molecular weight is 385 g/mol. The number of nitrogens with zero attached hydrogens (tertiary/aromatic N) is 2. The van der Waals surface area contributed by atoms with Crippen LogP contribution >= 0.6 is 0 Å². The van der Waals surface area contributed by atoms with Crippen LogP contribution in [-0.4, -0.2) is 45.6 Å². The van der Waals surface area contributed by atoms with E-state index in [1.807, 2.05) is 30.9 Å². The van der Waals surface area contributed by atoms with Crippen LogP contribution < -0.4 is 10.9 Å². The number of hydrogen-bond donors (Lipinski definition) is 2. The summed E-state index contributed by atoms with van der Waals surface area (Å²) in [5, 5.41) is 13.0. The predicted molar refractivity (Wildman–Crippen MR) is 104 cm³/mol. The molecular weight excluding hydrogens is 358 g/mol. The summed E-state index contributed by atoms with van der Waals surface area (Å²) in [5.41, 5.74) is 1.16. The van der Waals surface area contributed by atoms with Crippen LogP contribution in [0.3, 0.4) is 0 Å².